The number of nitrogens with one attached hydrogen (secondary N) is 1. The molecule has 1 fully saturated rings. The van der Waals surface area contributed by atoms with Crippen LogP contribution in [0.1, 0.15) is 35.7 Å². The molecule has 1 amide bonds. The molecule has 1 N–H and O–H groups in total. The number of allylic oxidation sites excluding steroid dienone is 2. The van der Waals surface area contributed by atoms with Crippen LogP contribution in [0, 0.1) is 5.82 Å². The summed E-state index contributed by atoms with van der Waals surface area (Å²) in [6.07, 6.45) is 3.98. The number of rotatable bonds is 13. The van der Waals surface area contributed by atoms with Gasteiger partial charge in [0.2, 0.25) is 11.7 Å². The molecule has 1 saturated heterocycles. The second kappa shape index (κ2) is 15.3. The number of amides is 1. The van der Waals surface area contributed by atoms with Gasteiger partial charge < -0.3 is 33.7 Å². The highest BCUT2D eigenvalue weighted by molar-refractivity contribution is 6.08. The molecule has 250 valence electrons. The van der Waals surface area contributed by atoms with Crippen LogP contribution in [0.25, 0.3) is 17.2 Å². The number of carbonyl (C=O) groups excluding carboxylic acids is 2. The average Bonchev–Trinajstić information content (AvgIpc) is 3.58. The lowest BCUT2D eigenvalue weighted by atomic mass is 10.00. The number of aromatic nitrogens is 1. The van der Waals surface area contributed by atoms with E-state index in [1.54, 1.807) is 18.2 Å². The Balaban J connectivity index is 1.30. The molecule has 1 aromatic heterocycles. The minimum atomic E-state index is -0.481. The minimum Gasteiger partial charge on any atom is -0.493 e. The number of aryl methyl sites for hydroxylation is 1. The van der Waals surface area contributed by atoms with Gasteiger partial charge in [0, 0.05) is 51.7 Å². The second-order valence-electron chi connectivity index (χ2n) is 11.8. The summed E-state index contributed by atoms with van der Waals surface area (Å²) in [5.74, 6) is 0.0263. The first-order valence-corrected chi connectivity index (χ1v) is 15.7. The average molecular weight is 647 g/mol. The maximum atomic E-state index is 14.4. The first-order chi connectivity index (χ1) is 22.7. The highest BCUT2D eigenvalue weighted by Gasteiger charge is 2.26. The van der Waals surface area contributed by atoms with E-state index < -0.39 is 5.97 Å². The van der Waals surface area contributed by atoms with Crippen LogP contribution in [0.2, 0.25) is 0 Å². The summed E-state index contributed by atoms with van der Waals surface area (Å²) < 4.78 is 38.9. The Morgan fingerprint density at radius 3 is 2.36 bits per heavy atom. The number of methoxy groups -OCH3 is 2. The molecule has 0 bridgehead atoms. The number of halogens is 1. The molecule has 11 heteroatoms. The molecule has 1 aliphatic heterocycles. The largest absolute Gasteiger partial charge is 0.493 e. The quantitative estimate of drug-likeness (QED) is 0.274. The summed E-state index contributed by atoms with van der Waals surface area (Å²) in [4.78, 5) is 30.0. The fourth-order valence-electron chi connectivity index (χ4n) is 5.90. The maximum Gasteiger partial charge on any atom is 0.344 e. The van der Waals surface area contributed by atoms with E-state index in [0.29, 0.717) is 36.8 Å². The van der Waals surface area contributed by atoms with Crippen molar-refractivity contribution in [2.45, 2.75) is 19.9 Å². The molecule has 1 aliphatic carbocycles. The van der Waals surface area contributed by atoms with Crippen molar-refractivity contribution < 1.29 is 32.9 Å². The standard InChI is InChI=1S/C36H43FN4O6/c1-24-29(28-9-8-26(37)20-31(28)30(24)21-34(42)38-22-27-7-6-10-40(27)3)17-25-18-32(44-4)36(33(19-25)45-5)47-23-35(43)46-16-15-41-13-11-39(2)12-14-41/h6-10,17-20H,11-16,21-23H2,1-5H3,(H,38,42). The number of nitrogens with zero attached hydrogens (tertiary/aromatic N) is 3. The SMILES string of the molecule is COc1cc(C=C2C(C)=C(CC(=O)NCc3cccn3C)c3cc(F)ccc32)cc(OC)c1OCC(=O)OCCN1CCN(C)CC1. The lowest BCUT2D eigenvalue weighted by Crippen LogP contribution is -2.45. The smallest absolute Gasteiger partial charge is 0.344 e. The number of benzene rings is 2. The highest BCUT2D eigenvalue weighted by Crippen LogP contribution is 2.45. The number of hydrogen-bond donors (Lipinski definition) is 1. The molecule has 0 spiro atoms. The number of piperazine rings is 1. The Morgan fingerprint density at radius 2 is 1.70 bits per heavy atom. The van der Waals surface area contributed by atoms with Crippen LogP contribution in [-0.2, 0) is 27.9 Å². The molecule has 2 aromatic carbocycles. The summed E-state index contributed by atoms with van der Waals surface area (Å²) in [7, 11) is 7.05. The van der Waals surface area contributed by atoms with Gasteiger partial charge in [-0.15, -0.1) is 0 Å². The Morgan fingerprint density at radius 1 is 0.979 bits per heavy atom. The van der Waals surface area contributed by atoms with Crippen LogP contribution in [-0.4, -0.2) is 93.4 Å². The summed E-state index contributed by atoms with van der Waals surface area (Å²) in [5.41, 5.74) is 5.72. The van der Waals surface area contributed by atoms with E-state index in [1.165, 1.54) is 26.4 Å². The molecule has 3 aromatic rings. The van der Waals surface area contributed by atoms with Crippen LogP contribution >= 0.6 is 0 Å². The van der Waals surface area contributed by atoms with E-state index in [-0.39, 0.29) is 30.5 Å². The Labute approximate surface area is 275 Å². The Bertz CT molecular complexity index is 1650. The van der Waals surface area contributed by atoms with E-state index in [0.717, 1.165) is 59.7 Å². The van der Waals surface area contributed by atoms with Gasteiger partial charge in [0.1, 0.15) is 12.4 Å². The van der Waals surface area contributed by atoms with Crippen LogP contribution in [0.15, 0.2) is 54.2 Å². The summed E-state index contributed by atoms with van der Waals surface area (Å²) in [6, 6.07) is 12.1. The van der Waals surface area contributed by atoms with Gasteiger partial charge in [-0.1, -0.05) is 6.07 Å². The van der Waals surface area contributed by atoms with Crippen molar-refractivity contribution in [3.63, 3.8) is 0 Å². The van der Waals surface area contributed by atoms with Gasteiger partial charge in [0.25, 0.3) is 0 Å². The fourth-order valence-corrected chi connectivity index (χ4v) is 5.90. The predicted octanol–water partition coefficient (Wildman–Crippen LogP) is 4.39. The van der Waals surface area contributed by atoms with Gasteiger partial charge in [-0.05, 0) is 89.9 Å². The van der Waals surface area contributed by atoms with Crippen molar-refractivity contribution in [1.82, 2.24) is 19.7 Å². The summed E-state index contributed by atoms with van der Waals surface area (Å²) in [6.45, 7) is 6.90. The molecule has 0 saturated carbocycles. The van der Waals surface area contributed by atoms with E-state index in [2.05, 4.69) is 22.2 Å². The van der Waals surface area contributed by atoms with Crippen molar-refractivity contribution in [3.8, 4) is 17.2 Å². The van der Waals surface area contributed by atoms with Crippen molar-refractivity contribution in [2.24, 2.45) is 7.05 Å². The first-order valence-electron chi connectivity index (χ1n) is 15.7. The molecule has 5 rings (SSSR count). The van der Waals surface area contributed by atoms with Crippen molar-refractivity contribution in [1.29, 1.82) is 0 Å². The number of hydrogen-bond acceptors (Lipinski definition) is 8. The molecular formula is C36H43FN4O6. The van der Waals surface area contributed by atoms with E-state index in [9.17, 15) is 14.0 Å². The zero-order chi connectivity index (χ0) is 33.5. The van der Waals surface area contributed by atoms with E-state index >= 15 is 0 Å². The number of ether oxygens (including phenoxy) is 4. The fraction of sp³-hybridized carbons (Fsp3) is 0.389. The van der Waals surface area contributed by atoms with Gasteiger partial charge in [-0.3, -0.25) is 9.69 Å². The summed E-state index contributed by atoms with van der Waals surface area (Å²) in [5, 5.41) is 2.98. The van der Waals surface area contributed by atoms with Crippen molar-refractivity contribution in [2.75, 3.05) is 67.2 Å². The van der Waals surface area contributed by atoms with Crippen molar-refractivity contribution in [3.05, 3.63) is 82.4 Å². The van der Waals surface area contributed by atoms with Gasteiger partial charge in [0.15, 0.2) is 18.1 Å². The van der Waals surface area contributed by atoms with Crippen LogP contribution in [0.3, 0.4) is 0 Å². The Kier molecular flexibility index (Phi) is 11.0. The molecular weight excluding hydrogens is 603 g/mol. The number of likely N-dealkylation sites (N-methyl/N-ethyl adjacent to an activating group) is 1. The second-order valence-corrected chi connectivity index (χ2v) is 11.8. The van der Waals surface area contributed by atoms with Gasteiger partial charge in [0.05, 0.1) is 27.2 Å². The molecule has 2 heterocycles. The number of esters is 1. The molecule has 0 atom stereocenters. The Hall–Kier alpha value is -4.61. The van der Waals surface area contributed by atoms with Gasteiger partial charge in [-0.2, -0.15) is 0 Å². The minimum absolute atomic E-state index is 0.106. The normalized spacial score (nSPS) is 15.9. The third kappa shape index (κ3) is 8.22. The third-order valence-electron chi connectivity index (χ3n) is 8.70. The molecule has 10 nitrogen and oxygen atoms in total. The monoisotopic (exact) mass is 646 g/mol. The van der Waals surface area contributed by atoms with Crippen LogP contribution in [0.5, 0.6) is 17.2 Å². The van der Waals surface area contributed by atoms with Crippen LogP contribution < -0.4 is 19.5 Å². The zero-order valence-electron chi connectivity index (χ0n) is 27.7. The molecule has 0 unspecified atom stereocenters. The third-order valence-corrected chi connectivity index (χ3v) is 8.70. The van der Waals surface area contributed by atoms with Gasteiger partial charge >= 0.3 is 5.97 Å². The zero-order valence-corrected chi connectivity index (χ0v) is 27.7. The van der Waals surface area contributed by atoms with Gasteiger partial charge in [-0.25, -0.2) is 9.18 Å². The molecule has 2 aliphatic rings. The molecule has 0 radical (unpaired) electrons. The van der Waals surface area contributed by atoms with Crippen molar-refractivity contribution >= 4 is 29.1 Å². The first kappa shape index (κ1) is 33.7. The number of carbonyl (C=O) groups is 2. The summed E-state index contributed by atoms with van der Waals surface area (Å²) >= 11 is 0. The predicted molar refractivity (Wildman–Crippen MR) is 179 cm³/mol. The number of fused-ring (bicyclic) bond motifs is 1. The lowest BCUT2D eigenvalue weighted by Gasteiger charge is -2.32. The van der Waals surface area contributed by atoms with Crippen LogP contribution in [0.4, 0.5) is 4.39 Å². The molecule has 47 heavy (non-hydrogen) atoms. The highest BCUT2D eigenvalue weighted by atomic mass is 19.1. The topological polar surface area (TPSA) is 94.5 Å². The van der Waals surface area contributed by atoms with E-state index in [1.807, 2.05) is 42.9 Å². The van der Waals surface area contributed by atoms with E-state index in [4.69, 9.17) is 18.9 Å². The lowest BCUT2D eigenvalue weighted by molar-refractivity contribution is -0.146. The maximum absolute atomic E-state index is 14.4.